The highest BCUT2D eigenvalue weighted by atomic mass is 79.9. The molecule has 2 aromatic rings. The van der Waals surface area contributed by atoms with Crippen LogP contribution in [0.15, 0.2) is 23.1 Å². The Labute approximate surface area is 113 Å². The molecular formula is C11H14BrN5O. The number of carbonyl (C=O) groups is 1. The van der Waals surface area contributed by atoms with Gasteiger partial charge in [-0.2, -0.15) is 10.2 Å². The van der Waals surface area contributed by atoms with Gasteiger partial charge in [0.05, 0.1) is 28.5 Å². The molecular weight excluding hydrogens is 298 g/mol. The van der Waals surface area contributed by atoms with Gasteiger partial charge in [-0.05, 0) is 22.9 Å². The summed E-state index contributed by atoms with van der Waals surface area (Å²) in [6, 6.07) is 0. The van der Waals surface area contributed by atoms with Gasteiger partial charge in [0.1, 0.15) is 0 Å². The van der Waals surface area contributed by atoms with Gasteiger partial charge in [0.25, 0.3) is 5.91 Å². The summed E-state index contributed by atoms with van der Waals surface area (Å²) in [5, 5.41) is 11.1. The van der Waals surface area contributed by atoms with Crippen molar-refractivity contribution < 1.29 is 4.79 Å². The molecule has 0 radical (unpaired) electrons. The van der Waals surface area contributed by atoms with Crippen LogP contribution in [0.3, 0.4) is 0 Å². The number of nitrogens with zero attached hydrogens (tertiary/aromatic N) is 4. The predicted molar refractivity (Wildman–Crippen MR) is 70.0 cm³/mol. The summed E-state index contributed by atoms with van der Waals surface area (Å²) in [7, 11) is 1.77. The summed E-state index contributed by atoms with van der Waals surface area (Å²) in [5.74, 6) is -0.152. The lowest BCUT2D eigenvalue weighted by molar-refractivity contribution is 0.0950. The molecule has 2 aromatic heterocycles. The quantitative estimate of drug-likeness (QED) is 0.926. The van der Waals surface area contributed by atoms with Crippen molar-refractivity contribution in [2.24, 2.45) is 7.05 Å². The minimum atomic E-state index is -0.152. The maximum atomic E-state index is 11.8. The molecule has 1 N–H and O–H groups in total. The van der Waals surface area contributed by atoms with E-state index in [0.717, 1.165) is 16.7 Å². The minimum absolute atomic E-state index is 0.152. The van der Waals surface area contributed by atoms with Crippen molar-refractivity contribution in [3.8, 4) is 0 Å². The van der Waals surface area contributed by atoms with Crippen molar-refractivity contribution >= 4 is 21.8 Å². The van der Waals surface area contributed by atoms with Crippen molar-refractivity contribution in [3.63, 3.8) is 0 Å². The average molecular weight is 312 g/mol. The third-order valence-corrected chi connectivity index (χ3v) is 3.16. The van der Waals surface area contributed by atoms with E-state index in [0.29, 0.717) is 12.1 Å². The second-order valence-electron chi connectivity index (χ2n) is 3.86. The molecule has 0 spiro atoms. The van der Waals surface area contributed by atoms with E-state index >= 15 is 0 Å². The topological polar surface area (TPSA) is 64.7 Å². The first-order chi connectivity index (χ1) is 8.60. The molecule has 0 aliphatic heterocycles. The molecule has 2 rings (SSSR count). The molecule has 0 unspecified atom stereocenters. The van der Waals surface area contributed by atoms with Crippen LogP contribution in [0.1, 0.15) is 23.0 Å². The molecule has 0 aliphatic rings. The second-order valence-corrected chi connectivity index (χ2v) is 4.72. The fourth-order valence-electron chi connectivity index (χ4n) is 1.52. The predicted octanol–water partition coefficient (Wildman–Crippen LogP) is 1.33. The summed E-state index contributed by atoms with van der Waals surface area (Å²) in [6.45, 7) is 3.20. The number of hydrogen-bond acceptors (Lipinski definition) is 3. The Morgan fingerprint density at radius 2 is 2.28 bits per heavy atom. The van der Waals surface area contributed by atoms with Crippen LogP contribution in [0.5, 0.6) is 0 Å². The van der Waals surface area contributed by atoms with Crippen molar-refractivity contribution in [1.29, 1.82) is 0 Å². The molecule has 2 heterocycles. The summed E-state index contributed by atoms with van der Waals surface area (Å²) >= 11 is 3.42. The van der Waals surface area contributed by atoms with Crippen LogP contribution >= 0.6 is 15.9 Å². The van der Waals surface area contributed by atoms with Gasteiger partial charge in [0.2, 0.25) is 0 Å². The fourth-order valence-corrected chi connectivity index (χ4v) is 1.98. The van der Waals surface area contributed by atoms with Crippen LogP contribution in [0.4, 0.5) is 0 Å². The standard InChI is InChI=1S/C11H14BrN5O/c1-3-17-7-9(12)10(15-17)5-13-11(18)8-4-14-16(2)6-8/h4,6-7H,3,5H2,1-2H3,(H,13,18). The maximum absolute atomic E-state index is 11.8. The fraction of sp³-hybridized carbons (Fsp3) is 0.364. The van der Waals surface area contributed by atoms with Gasteiger partial charge in [0, 0.05) is 26.0 Å². The Kier molecular flexibility index (Phi) is 3.81. The van der Waals surface area contributed by atoms with Crippen LogP contribution in [-0.2, 0) is 20.1 Å². The average Bonchev–Trinajstić information content (AvgIpc) is 2.92. The summed E-state index contributed by atoms with van der Waals surface area (Å²) in [6.07, 6.45) is 5.11. The zero-order chi connectivity index (χ0) is 13.1. The monoisotopic (exact) mass is 311 g/mol. The number of aryl methyl sites for hydroxylation is 2. The zero-order valence-electron chi connectivity index (χ0n) is 10.2. The largest absolute Gasteiger partial charge is 0.346 e. The number of carbonyl (C=O) groups excluding carboxylic acids is 1. The highest BCUT2D eigenvalue weighted by Crippen LogP contribution is 2.14. The molecule has 96 valence electrons. The Morgan fingerprint density at radius 3 is 2.83 bits per heavy atom. The normalized spacial score (nSPS) is 10.6. The zero-order valence-corrected chi connectivity index (χ0v) is 11.8. The number of aromatic nitrogens is 4. The molecule has 0 aromatic carbocycles. The van der Waals surface area contributed by atoms with Gasteiger partial charge < -0.3 is 5.32 Å². The SMILES string of the molecule is CCn1cc(Br)c(CNC(=O)c2cnn(C)c2)n1. The van der Waals surface area contributed by atoms with Crippen LogP contribution in [0.2, 0.25) is 0 Å². The molecule has 0 fully saturated rings. The van der Waals surface area contributed by atoms with E-state index in [1.54, 1.807) is 17.9 Å². The Morgan fingerprint density at radius 1 is 1.50 bits per heavy atom. The van der Waals surface area contributed by atoms with E-state index < -0.39 is 0 Å². The number of rotatable bonds is 4. The van der Waals surface area contributed by atoms with Gasteiger partial charge in [-0.3, -0.25) is 14.2 Å². The van der Waals surface area contributed by atoms with E-state index in [1.165, 1.54) is 6.20 Å². The number of amides is 1. The summed E-state index contributed by atoms with van der Waals surface area (Å²) in [5.41, 5.74) is 1.36. The van der Waals surface area contributed by atoms with E-state index in [4.69, 9.17) is 0 Å². The van der Waals surface area contributed by atoms with Gasteiger partial charge in [-0.15, -0.1) is 0 Å². The lowest BCUT2D eigenvalue weighted by Crippen LogP contribution is -2.22. The summed E-state index contributed by atoms with van der Waals surface area (Å²) < 4.78 is 4.31. The van der Waals surface area contributed by atoms with Gasteiger partial charge in [-0.1, -0.05) is 0 Å². The van der Waals surface area contributed by atoms with Crippen LogP contribution in [0.25, 0.3) is 0 Å². The molecule has 0 aliphatic carbocycles. The molecule has 18 heavy (non-hydrogen) atoms. The molecule has 1 amide bonds. The van der Waals surface area contributed by atoms with Gasteiger partial charge >= 0.3 is 0 Å². The first kappa shape index (κ1) is 12.8. The highest BCUT2D eigenvalue weighted by molar-refractivity contribution is 9.10. The maximum Gasteiger partial charge on any atom is 0.254 e. The van der Waals surface area contributed by atoms with Crippen LogP contribution in [-0.4, -0.2) is 25.5 Å². The van der Waals surface area contributed by atoms with Gasteiger partial charge in [0.15, 0.2) is 0 Å². The molecule has 7 heteroatoms. The van der Waals surface area contributed by atoms with E-state index in [9.17, 15) is 4.79 Å². The third-order valence-electron chi connectivity index (χ3n) is 2.49. The van der Waals surface area contributed by atoms with E-state index in [2.05, 4.69) is 31.4 Å². The number of hydrogen-bond donors (Lipinski definition) is 1. The first-order valence-corrected chi connectivity index (χ1v) is 6.38. The van der Waals surface area contributed by atoms with Crippen LogP contribution < -0.4 is 5.32 Å². The number of nitrogens with one attached hydrogen (secondary N) is 1. The molecule has 0 bridgehead atoms. The Balaban J connectivity index is 1.99. The Bertz CT molecular complexity index is 560. The Hall–Kier alpha value is -1.63. The molecule has 0 saturated heterocycles. The third kappa shape index (κ3) is 2.79. The van der Waals surface area contributed by atoms with Crippen molar-refractivity contribution in [2.45, 2.75) is 20.0 Å². The number of halogens is 1. The molecule has 6 nitrogen and oxygen atoms in total. The molecule has 0 saturated carbocycles. The second kappa shape index (κ2) is 5.34. The summed E-state index contributed by atoms with van der Waals surface area (Å²) in [4.78, 5) is 11.8. The smallest absolute Gasteiger partial charge is 0.254 e. The van der Waals surface area contributed by atoms with Crippen molar-refractivity contribution in [1.82, 2.24) is 24.9 Å². The molecule has 0 atom stereocenters. The van der Waals surface area contributed by atoms with Crippen molar-refractivity contribution in [2.75, 3.05) is 0 Å². The minimum Gasteiger partial charge on any atom is -0.346 e. The highest BCUT2D eigenvalue weighted by Gasteiger charge is 2.10. The van der Waals surface area contributed by atoms with E-state index in [-0.39, 0.29) is 5.91 Å². The van der Waals surface area contributed by atoms with E-state index in [1.807, 2.05) is 17.8 Å². The first-order valence-electron chi connectivity index (χ1n) is 5.58. The van der Waals surface area contributed by atoms with Crippen LogP contribution in [0, 0.1) is 0 Å². The lowest BCUT2D eigenvalue weighted by Gasteiger charge is -2.01. The van der Waals surface area contributed by atoms with Gasteiger partial charge in [-0.25, -0.2) is 0 Å². The van der Waals surface area contributed by atoms with Crippen molar-refractivity contribution in [3.05, 3.63) is 34.3 Å². The lowest BCUT2D eigenvalue weighted by atomic mass is 10.3.